The average Bonchev–Trinajstić information content (AvgIpc) is 2.61. The van der Waals surface area contributed by atoms with Crippen LogP contribution >= 0.6 is 0 Å². The molecular weight excluding hydrogens is 156 g/mol. The molecule has 13 heavy (non-hydrogen) atoms. The van der Waals surface area contributed by atoms with Gasteiger partial charge in [0, 0.05) is 0 Å². The van der Waals surface area contributed by atoms with E-state index in [4.69, 9.17) is 0 Å². The zero-order chi connectivity index (χ0) is 9.00. The molecule has 0 aliphatic heterocycles. The van der Waals surface area contributed by atoms with Crippen LogP contribution in [0.5, 0.6) is 0 Å². The molecule has 2 aliphatic carbocycles. The monoisotopic (exact) mass is 172 g/mol. The number of rotatable bonds is 0. The van der Waals surface area contributed by atoms with Gasteiger partial charge in [-0.3, -0.25) is 0 Å². The Labute approximate surface area is 80.0 Å². The van der Waals surface area contributed by atoms with Gasteiger partial charge >= 0.3 is 0 Å². The summed E-state index contributed by atoms with van der Waals surface area (Å²) in [6, 6.07) is 6.84. The van der Waals surface area contributed by atoms with E-state index in [2.05, 4.69) is 32.0 Å². The van der Waals surface area contributed by atoms with Crippen LogP contribution in [0.25, 0.3) is 0 Å². The van der Waals surface area contributed by atoms with Crippen molar-refractivity contribution in [3.05, 3.63) is 34.9 Å². The highest BCUT2D eigenvalue weighted by atomic mass is 14.5. The molecule has 0 N–H and O–H groups in total. The SMILES string of the molecule is Cc1cccc2c1[C@H]1CC[C@@H]2C1C. The van der Waals surface area contributed by atoms with Crippen molar-refractivity contribution in [2.45, 2.75) is 38.5 Å². The Morgan fingerprint density at radius 3 is 2.69 bits per heavy atom. The van der Waals surface area contributed by atoms with Crippen LogP contribution in [-0.2, 0) is 0 Å². The summed E-state index contributed by atoms with van der Waals surface area (Å²) in [5.41, 5.74) is 4.89. The first-order valence-electron chi connectivity index (χ1n) is 5.38. The Morgan fingerprint density at radius 2 is 1.92 bits per heavy atom. The Kier molecular flexibility index (Phi) is 1.39. The summed E-state index contributed by atoms with van der Waals surface area (Å²) < 4.78 is 0. The average molecular weight is 172 g/mol. The number of fused-ring (bicyclic) bond motifs is 5. The second kappa shape index (κ2) is 2.37. The zero-order valence-electron chi connectivity index (χ0n) is 8.38. The quantitative estimate of drug-likeness (QED) is 0.561. The fraction of sp³-hybridized carbons (Fsp3) is 0.538. The molecule has 1 saturated carbocycles. The molecule has 1 unspecified atom stereocenters. The second-order valence-electron chi connectivity index (χ2n) is 4.73. The molecule has 0 saturated heterocycles. The van der Waals surface area contributed by atoms with Gasteiger partial charge in [0.05, 0.1) is 0 Å². The van der Waals surface area contributed by atoms with E-state index in [1.165, 1.54) is 18.4 Å². The standard InChI is InChI=1S/C13H16/c1-8-4-3-5-12-10-6-7-11(9(10)2)13(8)12/h3-5,9-11H,6-7H2,1-2H3/t9?,10-,11+/m1/s1. The highest BCUT2D eigenvalue weighted by Gasteiger charge is 2.43. The Hall–Kier alpha value is -0.780. The van der Waals surface area contributed by atoms with Crippen molar-refractivity contribution in [1.82, 2.24) is 0 Å². The van der Waals surface area contributed by atoms with Crippen LogP contribution in [0.4, 0.5) is 0 Å². The summed E-state index contributed by atoms with van der Waals surface area (Å²) in [4.78, 5) is 0. The molecule has 0 aromatic heterocycles. The first-order valence-corrected chi connectivity index (χ1v) is 5.38. The summed E-state index contributed by atoms with van der Waals surface area (Å²) in [5, 5.41) is 0. The van der Waals surface area contributed by atoms with Crippen molar-refractivity contribution in [3.8, 4) is 0 Å². The van der Waals surface area contributed by atoms with Crippen LogP contribution in [0.2, 0.25) is 0 Å². The van der Waals surface area contributed by atoms with E-state index >= 15 is 0 Å². The Morgan fingerprint density at radius 1 is 1.15 bits per heavy atom. The minimum absolute atomic E-state index is 0.889. The first-order chi connectivity index (χ1) is 6.29. The molecule has 2 aliphatic rings. The lowest BCUT2D eigenvalue weighted by Crippen LogP contribution is -1.99. The molecular formula is C13H16. The van der Waals surface area contributed by atoms with E-state index in [9.17, 15) is 0 Å². The van der Waals surface area contributed by atoms with Crippen LogP contribution in [0.1, 0.15) is 48.3 Å². The zero-order valence-corrected chi connectivity index (χ0v) is 8.38. The molecule has 1 fully saturated rings. The molecule has 1 aromatic rings. The maximum Gasteiger partial charge on any atom is -0.0125 e. The molecule has 3 rings (SSSR count). The molecule has 68 valence electrons. The van der Waals surface area contributed by atoms with Gasteiger partial charge in [-0.15, -0.1) is 0 Å². The van der Waals surface area contributed by atoms with E-state index in [0.717, 1.165) is 17.8 Å². The third-order valence-electron chi connectivity index (χ3n) is 4.19. The van der Waals surface area contributed by atoms with Crippen molar-refractivity contribution in [2.24, 2.45) is 5.92 Å². The Bertz CT molecular complexity index is 351. The predicted molar refractivity (Wildman–Crippen MR) is 55.1 cm³/mol. The van der Waals surface area contributed by atoms with Gasteiger partial charge in [0.15, 0.2) is 0 Å². The van der Waals surface area contributed by atoms with Gasteiger partial charge < -0.3 is 0 Å². The minimum Gasteiger partial charge on any atom is -0.0617 e. The largest absolute Gasteiger partial charge is 0.0617 e. The number of aryl methyl sites for hydroxylation is 1. The van der Waals surface area contributed by atoms with Gasteiger partial charge in [-0.25, -0.2) is 0 Å². The van der Waals surface area contributed by atoms with Crippen LogP contribution in [-0.4, -0.2) is 0 Å². The van der Waals surface area contributed by atoms with Crippen LogP contribution < -0.4 is 0 Å². The molecule has 3 atom stereocenters. The molecule has 0 nitrogen and oxygen atoms in total. The van der Waals surface area contributed by atoms with Crippen LogP contribution in [0.3, 0.4) is 0 Å². The lowest BCUT2D eigenvalue weighted by Gasteiger charge is -2.16. The molecule has 2 bridgehead atoms. The molecule has 0 heterocycles. The normalized spacial score (nSPS) is 35.1. The molecule has 1 aromatic carbocycles. The predicted octanol–water partition coefficient (Wildman–Crippen LogP) is 3.61. The Balaban J connectivity index is 2.24. The number of benzene rings is 1. The highest BCUT2D eigenvalue weighted by Crippen LogP contribution is 2.57. The van der Waals surface area contributed by atoms with E-state index < -0.39 is 0 Å². The fourth-order valence-corrected chi connectivity index (χ4v) is 3.54. The second-order valence-corrected chi connectivity index (χ2v) is 4.73. The van der Waals surface area contributed by atoms with Gasteiger partial charge in [0.1, 0.15) is 0 Å². The summed E-state index contributed by atoms with van der Waals surface area (Å²) in [7, 11) is 0. The van der Waals surface area contributed by atoms with Crippen molar-refractivity contribution < 1.29 is 0 Å². The van der Waals surface area contributed by atoms with E-state index in [-0.39, 0.29) is 0 Å². The van der Waals surface area contributed by atoms with Crippen molar-refractivity contribution in [2.75, 3.05) is 0 Å². The first kappa shape index (κ1) is 7.61. The van der Waals surface area contributed by atoms with E-state index in [1.54, 1.807) is 11.1 Å². The van der Waals surface area contributed by atoms with Gasteiger partial charge in [-0.05, 0) is 54.2 Å². The summed E-state index contributed by atoms with van der Waals surface area (Å²) >= 11 is 0. The van der Waals surface area contributed by atoms with Gasteiger partial charge in [0.2, 0.25) is 0 Å². The summed E-state index contributed by atoms with van der Waals surface area (Å²) in [6.07, 6.45) is 2.87. The lowest BCUT2D eigenvalue weighted by molar-refractivity contribution is 0.531. The van der Waals surface area contributed by atoms with Crippen molar-refractivity contribution in [3.63, 3.8) is 0 Å². The van der Waals surface area contributed by atoms with Gasteiger partial charge in [-0.1, -0.05) is 25.1 Å². The third kappa shape index (κ3) is 0.815. The van der Waals surface area contributed by atoms with E-state index in [0.29, 0.717) is 0 Å². The molecule has 0 radical (unpaired) electrons. The molecule has 0 heteroatoms. The van der Waals surface area contributed by atoms with Crippen molar-refractivity contribution in [1.29, 1.82) is 0 Å². The van der Waals surface area contributed by atoms with Gasteiger partial charge in [0.25, 0.3) is 0 Å². The summed E-state index contributed by atoms with van der Waals surface area (Å²) in [5.74, 6) is 2.69. The minimum atomic E-state index is 0.889. The van der Waals surface area contributed by atoms with Crippen LogP contribution in [0, 0.1) is 12.8 Å². The fourth-order valence-electron chi connectivity index (χ4n) is 3.54. The van der Waals surface area contributed by atoms with Crippen molar-refractivity contribution >= 4 is 0 Å². The third-order valence-corrected chi connectivity index (χ3v) is 4.19. The number of hydrogen-bond acceptors (Lipinski definition) is 0. The summed E-state index contributed by atoms with van der Waals surface area (Å²) in [6.45, 7) is 4.70. The number of hydrogen-bond donors (Lipinski definition) is 0. The smallest absolute Gasteiger partial charge is 0.0125 e. The van der Waals surface area contributed by atoms with Gasteiger partial charge in [-0.2, -0.15) is 0 Å². The maximum absolute atomic E-state index is 2.43. The molecule has 0 spiro atoms. The topological polar surface area (TPSA) is 0 Å². The lowest BCUT2D eigenvalue weighted by atomic mass is 9.89. The van der Waals surface area contributed by atoms with E-state index in [1.807, 2.05) is 0 Å². The maximum atomic E-state index is 2.43. The molecule has 0 amide bonds. The highest BCUT2D eigenvalue weighted by molar-refractivity contribution is 5.46. The van der Waals surface area contributed by atoms with Crippen LogP contribution in [0.15, 0.2) is 18.2 Å².